The summed E-state index contributed by atoms with van der Waals surface area (Å²) in [5.74, 6) is 1.93. The standard InChI is InChI=1S/C20H39N5/c1-21-20(22-11-15-23(2)19-8-4-5-9-19)25-14-10-18(17-25)16-24-12-6-3-7-13-24/h18-19H,3-17H2,1-2H3,(H,21,22). The van der Waals surface area contributed by atoms with Crippen LogP contribution in [0.25, 0.3) is 0 Å². The summed E-state index contributed by atoms with van der Waals surface area (Å²) >= 11 is 0. The molecule has 5 heteroatoms. The minimum absolute atomic E-state index is 0.810. The van der Waals surface area contributed by atoms with Gasteiger partial charge < -0.3 is 20.0 Å². The second-order valence-corrected chi connectivity index (χ2v) is 8.35. The van der Waals surface area contributed by atoms with Gasteiger partial charge in [0.15, 0.2) is 5.96 Å². The van der Waals surface area contributed by atoms with Crippen molar-refractivity contribution in [1.29, 1.82) is 0 Å². The highest BCUT2D eigenvalue weighted by Crippen LogP contribution is 2.22. The van der Waals surface area contributed by atoms with Gasteiger partial charge in [0.05, 0.1) is 0 Å². The first kappa shape index (κ1) is 19.0. The van der Waals surface area contributed by atoms with Crippen LogP contribution in [0.5, 0.6) is 0 Å². The Morgan fingerprint density at radius 1 is 1.04 bits per heavy atom. The Balaban J connectivity index is 1.36. The lowest BCUT2D eigenvalue weighted by Gasteiger charge is -2.29. The number of guanidine groups is 1. The van der Waals surface area contributed by atoms with E-state index in [0.29, 0.717) is 0 Å². The van der Waals surface area contributed by atoms with Gasteiger partial charge in [-0.25, -0.2) is 0 Å². The van der Waals surface area contributed by atoms with Crippen molar-refractivity contribution in [3.63, 3.8) is 0 Å². The summed E-state index contributed by atoms with van der Waals surface area (Å²) in [6, 6.07) is 0.810. The summed E-state index contributed by atoms with van der Waals surface area (Å²) < 4.78 is 0. The molecule has 3 aliphatic rings. The third-order valence-electron chi connectivity index (χ3n) is 6.46. The zero-order chi connectivity index (χ0) is 17.5. The van der Waals surface area contributed by atoms with Crippen LogP contribution in [0.2, 0.25) is 0 Å². The molecule has 2 heterocycles. The van der Waals surface area contributed by atoms with Gasteiger partial charge in [-0.2, -0.15) is 0 Å². The molecule has 0 aromatic carbocycles. The monoisotopic (exact) mass is 349 g/mol. The van der Waals surface area contributed by atoms with E-state index in [0.717, 1.165) is 37.6 Å². The topological polar surface area (TPSA) is 34.1 Å². The predicted octanol–water partition coefficient (Wildman–Crippen LogP) is 2.24. The first-order valence-electron chi connectivity index (χ1n) is 10.6. The van der Waals surface area contributed by atoms with Crippen LogP contribution in [-0.4, -0.2) is 86.6 Å². The molecule has 0 radical (unpaired) electrons. The number of aliphatic imine (C=N–C) groups is 1. The lowest BCUT2D eigenvalue weighted by Crippen LogP contribution is -2.44. The van der Waals surface area contributed by atoms with Gasteiger partial charge >= 0.3 is 0 Å². The summed E-state index contributed by atoms with van der Waals surface area (Å²) in [5.41, 5.74) is 0. The Labute approximate surface area is 154 Å². The molecule has 3 rings (SSSR count). The van der Waals surface area contributed by atoms with Crippen molar-refractivity contribution in [2.24, 2.45) is 10.9 Å². The highest BCUT2D eigenvalue weighted by Gasteiger charge is 2.27. The van der Waals surface area contributed by atoms with E-state index in [1.807, 2.05) is 7.05 Å². The van der Waals surface area contributed by atoms with Crippen LogP contribution in [0.4, 0.5) is 0 Å². The van der Waals surface area contributed by atoms with E-state index >= 15 is 0 Å². The van der Waals surface area contributed by atoms with E-state index in [1.165, 1.54) is 77.5 Å². The Morgan fingerprint density at radius 3 is 2.52 bits per heavy atom. The van der Waals surface area contributed by atoms with Crippen LogP contribution < -0.4 is 5.32 Å². The lowest BCUT2D eigenvalue weighted by molar-refractivity contribution is 0.198. The maximum Gasteiger partial charge on any atom is 0.193 e. The quantitative estimate of drug-likeness (QED) is 0.589. The molecule has 0 aromatic rings. The summed E-state index contributed by atoms with van der Waals surface area (Å²) in [6.07, 6.45) is 11.1. The molecule has 1 unspecified atom stereocenters. The van der Waals surface area contributed by atoms with Crippen LogP contribution in [0.1, 0.15) is 51.4 Å². The van der Waals surface area contributed by atoms with E-state index in [1.54, 1.807) is 0 Å². The van der Waals surface area contributed by atoms with Gasteiger partial charge in [-0.3, -0.25) is 4.99 Å². The Bertz CT molecular complexity index is 412. The summed E-state index contributed by atoms with van der Waals surface area (Å²) in [6.45, 7) is 8.39. The summed E-state index contributed by atoms with van der Waals surface area (Å²) in [5, 5.41) is 3.61. The number of likely N-dealkylation sites (tertiary alicyclic amines) is 2. The van der Waals surface area contributed by atoms with Crippen molar-refractivity contribution >= 4 is 5.96 Å². The molecule has 5 nitrogen and oxygen atoms in total. The van der Waals surface area contributed by atoms with Gasteiger partial charge in [0.25, 0.3) is 0 Å². The van der Waals surface area contributed by atoms with Crippen molar-refractivity contribution < 1.29 is 0 Å². The molecule has 1 aliphatic carbocycles. The fourth-order valence-corrected chi connectivity index (χ4v) is 4.89. The molecule has 1 saturated carbocycles. The third-order valence-corrected chi connectivity index (χ3v) is 6.46. The van der Waals surface area contributed by atoms with Crippen LogP contribution in [-0.2, 0) is 0 Å². The largest absolute Gasteiger partial charge is 0.355 e. The third kappa shape index (κ3) is 5.58. The average molecular weight is 350 g/mol. The van der Waals surface area contributed by atoms with Crippen LogP contribution >= 0.6 is 0 Å². The molecule has 0 aromatic heterocycles. The SMILES string of the molecule is CN=C(NCCN(C)C1CCCC1)N1CCC(CN2CCCCC2)C1. The van der Waals surface area contributed by atoms with E-state index in [-0.39, 0.29) is 0 Å². The molecule has 2 saturated heterocycles. The Hall–Kier alpha value is -0.810. The first-order chi connectivity index (χ1) is 12.3. The minimum Gasteiger partial charge on any atom is -0.355 e. The Morgan fingerprint density at radius 2 is 1.80 bits per heavy atom. The minimum atomic E-state index is 0.810. The summed E-state index contributed by atoms with van der Waals surface area (Å²) in [7, 11) is 4.21. The van der Waals surface area contributed by atoms with Gasteiger partial charge in [-0.15, -0.1) is 0 Å². The smallest absolute Gasteiger partial charge is 0.193 e. The number of piperidine rings is 1. The number of rotatable bonds is 6. The molecule has 1 N–H and O–H groups in total. The van der Waals surface area contributed by atoms with Crippen molar-refractivity contribution in [1.82, 2.24) is 20.0 Å². The second-order valence-electron chi connectivity index (χ2n) is 8.35. The van der Waals surface area contributed by atoms with Crippen molar-refractivity contribution in [3.8, 4) is 0 Å². The summed E-state index contributed by atoms with van der Waals surface area (Å²) in [4.78, 5) is 12.2. The molecule has 3 fully saturated rings. The molecular formula is C20H39N5. The highest BCUT2D eigenvalue weighted by molar-refractivity contribution is 5.80. The molecule has 2 aliphatic heterocycles. The first-order valence-corrected chi connectivity index (χ1v) is 10.6. The van der Waals surface area contributed by atoms with E-state index < -0.39 is 0 Å². The second kappa shape index (κ2) is 9.77. The van der Waals surface area contributed by atoms with Gasteiger partial charge in [0.1, 0.15) is 0 Å². The zero-order valence-corrected chi connectivity index (χ0v) is 16.6. The maximum atomic E-state index is 4.55. The maximum absolute atomic E-state index is 4.55. The predicted molar refractivity (Wildman–Crippen MR) is 106 cm³/mol. The van der Waals surface area contributed by atoms with Crippen LogP contribution in [0.3, 0.4) is 0 Å². The van der Waals surface area contributed by atoms with Crippen molar-refractivity contribution in [2.75, 3.05) is 59.9 Å². The molecule has 144 valence electrons. The molecular weight excluding hydrogens is 310 g/mol. The van der Waals surface area contributed by atoms with E-state index in [2.05, 4.69) is 32.1 Å². The number of nitrogens with one attached hydrogen (secondary N) is 1. The van der Waals surface area contributed by atoms with Gasteiger partial charge in [0, 0.05) is 45.8 Å². The molecule has 0 amide bonds. The molecule has 0 bridgehead atoms. The van der Waals surface area contributed by atoms with Gasteiger partial charge in [-0.1, -0.05) is 19.3 Å². The van der Waals surface area contributed by atoms with E-state index in [4.69, 9.17) is 0 Å². The fraction of sp³-hybridized carbons (Fsp3) is 0.950. The number of hydrogen-bond donors (Lipinski definition) is 1. The Kier molecular flexibility index (Phi) is 7.41. The van der Waals surface area contributed by atoms with Crippen molar-refractivity contribution in [3.05, 3.63) is 0 Å². The lowest BCUT2D eigenvalue weighted by atomic mass is 10.1. The number of hydrogen-bond acceptors (Lipinski definition) is 3. The molecule has 1 atom stereocenters. The number of nitrogens with zero attached hydrogens (tertiary/aromatic N) is 4. The molecule has 25 heavy (non-hydrogen) atoms. The average Bonchev–Trinajstić information content (AvgIpc) is 3.32. The number of likely N-dealkylation sites (N-methyl/N-ethyl adjacent to an activating group) is 1. The van der Waals surface area contributed by atoms with Gasteiger partial charge in [0.2, 0.25) is 0 Å². The zero-order valence-electron chi connectivity index (χ0n) is 16.6. The molecule has 0 spiro atoms. The van der Waals surface area contributed by atoms with Crippen LogP contribution in [0, 0.1) is 5.92 Å². The van der Waals surface area contributed by atoms with Crippen LogP contribution in [0.15, 0.2) is 4.99 Å². The van der Waals surface area contributed by atoms with Crippen molar-refractivity contribution in [2.45, 2.75) is 57.4 Å². The highest BCUT2D eigenvalue weighted by atomic mass is 15.3. The van der Waals surface area contributed by atoms with Gasteiger partial charge in [-0.05, 0) is 58.2 Å². The normalized spacial score (nSPS) is 26.8. The van der Waals surface area contributed by atoms with E-state index in [9.17, 15) is 0 Å². The fourth-order valence-electron chi connectivity index (χ4n) is 4.89.